The second-order valence-electron chi connectivity index (χ2n) is 4.71. The summed E-state index contributed by atoms with van der Waals surface area (Å²) in [6.07, 6.45) is 0.655. The summed E-state index contributed by atoms with van der Waals surface area (Å²) in [4.78, 5) is 34.2. The summed E-state index contributed by atoms with van der Waals surface area (Å²) in [5.74, 6) is -0.563. The number of nitrogens with one attached hydrogen (secondary N) is 2. The quantitative estimate of drug-likeness (QED) is 0.521. The molecule has 1 fully saturated rings. The lowest BCUT2D eigenvalue weighted by Crippen LogP contribution is -2.52. The number of imide groups is 1. The van der Waals surface area contributed by atoms with E-state index in [2.05, 4.69) is 10.6 Å². The Bertz CT molecular complexity index is 559. The highest BCUT2D eigenvalue weighted by Gasteiger charge is 2.27. The second kappa shape index (κ2) is 6.74. The molecular weight excluding hydrogens is 274 g/mol. The predicted octanol–water partition coefficient (Wildman–Crippen LogP) is -0.0409. The predicted molar refractivity (Wildman–Crippen MR) is 75.3 cm³/mol. The van der Waals surface area contributed by atoms with Gasteiger partial charge in [0.2, 0.25) is 17.7 Å². The number of nitrogens with two attached hydrogens (primary N) is 1. The Balaban J connectivity index is 1.74. The second-order valence-corrected chi connectivity index (χ2v) is 4.71. The van der Waals surface area contributed by atoms with Crippen molar-refractivity contribution in [2.45, 2.75) is 25.3 Å². The summed E-state index contributed by atoms with van der Waals surface area (Å²) in [6, 6.07) is 6.34. The first-order valence-electron chi connectivity index (χ1n) is 6.66. The maximum atomic E-state index is 11.7. The number of carbonyl (C=O) groups excluding carboxylic acids is 3. The Kier molecular flexibility index (Phi) is 4.76. The summed E-state index contributed by atoms with van der Waals surface area (Å²) in [5.41, 5.74) is 6.21. The molecule has 1 atom stereocenters. The maximum Gasteiger partial charge on any atom is 0.249 e. The third-order valence-electron chi connectivity index (χ3n) is 3.08. The summed E-state index contributed by atoms with van der Waals surface area (Å²) in [6.45, 7) is 0.160. The van der Waals surface area contributed by atoms with Crippen molar-refractivity contribution in [3.05, 3.63) is 24.3 Å². The normalized spacial score (nSPS) is 18.0. The highest BCUT2D eigenvalue weighted by atomic mass is 16.5. The SMILES string of the molecule is Nc1ccccc1OCCC(=O)NC1CCC(=O)NC1=O. The van der Waals surface area contributed by atoms with E-state index in [0.29, 0.717) is 17.9 Å². The molecule has 1 aliphatic heterocycles. The number of nitrogen functional groups attached to an aromatic ring is 1. The van der Waals surface area contributed by atoms with Crippen molar-refractivity contribution in [2.75, 3.05) is 12.3 Å². The van der Waals surface area contributed by atoms with Crippen LogP contribution in [0.1, 0.15) is 19.3 Å². The van der Waals surface area contributed by atoms with Crippen LogP contribution in [0.5, 0.6) is 5.75 Å². The van der Waals surface area contributed by atoms with Crippen LogP contribution in [0, 0.1) is 0 Å². The van der Waals surface area contributed by atoms with Crippen molar-refractivity contribution < 1.29 is 19.1 Å². The molecule has 1 heterocycles. The fourth-order valence-corrected chi connectivity index (χ4v) is 1.96. The Morgan fingerprint density at radius 2 is 2.14 bits per heavy atom. The van der Waals surface area contributed by atoms with E-state index >= 15 is 0 Å². The van der Waals surface area contributed by atoms with Crippen molar-refractivity contribution >= 4 is 23.4 Å². The number of rotatable bonds is 5. The zero-order valence-corrected chi connectivity index (χ0v) is 11.4. The Morgan fingerprint density at radius 3 is 2.86 bits per heavy atom. The monoisotopic (exact) mass is 291 g/mol. The van der Waals surface area contributed by atoms with Crippen LogP contribution in [-0.4, -0.2) is 30.4 Å². The maximum absolute atomic E-state index is 11.7. The average Bonchev–Trinajstić information content (AvgIpc) is 2.44. The van der Waals surface area contributed by atoms with Crippen LogP contribution in [0.25, 0.3) is 0 Å². The van der Waals surface area contributed by atoms with Crippen LogP contribution >= 0.6 is 0 Å². The molecular formula is C14H17N3O4. The van der Waals surface area contributed by atoms with Gasteiger partial charge in [-0.3, -0.25) is 19.7 Å². The number of benzene rings is 1. The molecule has 7 nitrogen and oxygen atoms in total. The lowest BCUT2D eigenvalue weighted by atomic mass is 10.1. The number of para-hydroxylation sites is 2. The van der Waals surface area contributed by atoms with Crippen LogP contribution in [0.2, 0.25) is 0 Å². The van der Waals surface area contributed by atoms with Crippen LogP contribution in [0.15, 0.2) is 24.3 Å². The summed E-state index contributed by atoms with van der Waals surface area (Å²) in [7, 11) is 0. The molecule has 2 rings (SSSR count). The molecule has 0 aliphatic carbocycles. The smallest absolute Gasteiger partial charge is 0.249 e. The summed E-state index contributed by atoms with van der Waals surface area (Å²) < 4.78 is 5.40. The summed E-state index contributed by atoms with van der Waals surface area (Å²) >= 11 is 0. The van der Waals surface area contributed by atoms with E-state index < -0.39 is 11.9 Å². The fourth-order valence-electron chi connectivity index (χ4n) is 1.96. The van der Waals surface area contributed by atoms with E-state index in [1.54, 1.807) is 24.3 Å². The third kappa shape index (κ3) is 4.20. The highest BCUT2D eigenvalue weighted by Crippen LogP contribution is 2.19. The van der Waals surface area contributed by atoms with Crippen molar-refractivity contribution in [1.29, 1.82) is 0 Å². The van der Waals surface area contributed by atoms with Gasteiger partial charge in [-0.25, -0.2) is 0 Å². The Morgan fingerprint density at radius 1 is 1.38 bits per heavy atom. The molecule has 0 spiro atoms. The van der Waals surface area contributed by atoms with Gasteiger partial charge in [-0.05, 0) is 18.6 Å². The molecule has 0 aromatic heterocycles. The molecule has 21 heavy (non-hydrogen) atoms. The Hall–Kier alpha value is -2.57. The van der Waals surface area contributed by atoms with Crippen molar-refractivity contribution in [1.82, 2.24) is 10.6 Å². The lowest BCUT2D eigenvalue weighted by molar-refractivity contribution is -0.137. The van der Waals surface area contributed by atoms with Crippen LogP contribution in [-0.2, 0) is 14.4 Å². The zero-order valence-electron chi connectivity index (χ0n) is 11.4. The van der Waals surface area contributed by atoms with Gasteiger partial charge in [-0.1, -0.05) is 12.1 Å². The van der Waals surface area contributed by atoms with E-state index in [1.807, 2.05) is 0 Å². The molecule has 112 valence electrons. The highest BCUT2D eigenvalue weighted by molar-refractivity contribution is 6.01. The van der Waals surface area contributed by atoms with Gasteiger partial charge in [-0.15, -0.1) is 0 Å². The molecule has 1 unspecified atom stereocenters. The van der Waals surface area contributed by atoms with E-state index in [1.165, 1.54) is 0 Å². The van der Waals surface area contributed by atoms with Crippen molar-refractivity contribution in [3.8, 4) is 5.75 Å². The fraction of sp³-hybridized carbons (Fsp3) is 0.357. The molecule has 7 heteroatoms. The number of amides is 3. The molecule has 1 saturated heterocycles. The first kappa shape index (κ1) is 14.8. The third-order valence-corrected chi connectivity index (χ3v) is 3.08. The van der Waals surface area contributed by atoms with E-state index in [-0.39, 0.29) is 31.3 Å². The number of hydrogen-bond acceptors (Lipinski definition) is 5. The number of hydrogen-bond donors (Lipinski definition) is 3. The standard InChI is InChI=1S/C14H17N3O4/c15-9-3-1-2-4-11(9)21-8-7-13(19)16-10-5-6-12(18)17-14(10)20/h1-4,10H,5-8,15H2,(H,16,19)(H,17,18,20). The van der Waals surface area contributed by atoms with Gasteiger partial charge in [0, 0.05) is 6.42 Å². The minimum absolute atomic E-state index is 0.103. The lowest BCUT2D eigenvalue weighted by Gasteiger charge is -2.21. The molecule has 0 saturated carbocycles. The largest absolute Gasteiger partial charge is 0.491 e. The van der Waals surface area contributed by atoms with Gasteiger partial charge in [-0.2, -0.15) is 0 Å². The minimum atomic E-state index is -0.656. The summed E-state index contributed by atoms with van der Waals surface area (Å²) in [5, 5.41) is 4.76. The van der Waals surface area contributed by atoms with Gasteiger partial charge < -0.3 is 15.8 Å². The van der Waals surface area contributed by atoms with E-state index in [4.69, 9.17) is 10.5 Å². The van der Waals surface area contributed by atoms with E-state index in [9.17, 15) is 14.4 Å². The average molecular weight is 291 g/mol. The number of anilines is 1. The van der Waals surface area contributed by atoms with Gasteiger partial charge in [0.1, 0.15) is 11.8 Å². The number of piperidine rings is 1. The van der Waals surface area contributed by atoms with Gasteiger partial charge in [0.15, 0.2) is 0 Å². The molecule has 3 amide bonds. The molecule has 1 aromatic rings. The first-order chi connectivity index (χ1) is 10.1. The topological polar surface area (TPSA) is 111 Å². The number of carbonyl (C=O) groups is 3. The van der Waals surface area contributed by atoms with Gasteiger partial charge in [0.05, 0.1) is 18.7 Å². The van der Waals surface area contributed by atoms with Crippen LogP contribution in [0.3, 0.4) is 0 Å². The van der Waals surface area contributed by atoms with Crippen LogP contribution in [0.4, 0.5) is 5.69 Å². The minimum Gasteiger partial charge on any atom is -0.491 e. The van der Waals surface area contributed by atoms with Crippen molar-refractivity contribution in [2.24, 2.45) is 0 Å². The first-order valence-corrected chi connectivity index (χ1v) is 6.66. The zero-order chi connectivity index (χ0) is 15.2. The molecule has 4 N–H and O–H groups in total. The molecule has 0 radical (unpaired) electrons. The van der Waals surface area contributed by atoms with E-state index in [0.717, 1.165) is 0 Å². The number of ether oxygens (including phenoxy) is 1. The van der Waals surface area contributed by atoms with Gasteiger partial charge in [0.25, 0.3) is 0 Å². The van der Waals surface area contributed by atoms with Crippen LogP contribution < -0.4 is 21.1 Å². The molecule has 1 aliphatic rings. The van der Waals surface area contributed by atoms with Gasteiger partial charge >= 0.3 is 0 Å². The molecule has 0 bridgehead atoms. The van der Waals surface area contributed by atoms with Crippen molar-refractivity contribution in [3.63, 3.8) is 0 Å². The Labute approximate surface area is 121 Å². The molecule has 1 aromatic carbocycles.